The summed E-state index contributed by atoms with van der Waals surface area (Å²) >= 11 is 1.34. The highest BCUT2D eigenvalue weighted by Gasteiger charge is 2.08. The van der Waals surface area contributed by atoms with Crippen LogP contribution in [-0.4, -0.2) is 17.4 Å². The smallest absolute Gasteiger partial charge is 0.230 e. The van der Waals surface area contributed by atoms with Gasteiger partial charge in [-0.15, -0.1) is 23.7 Å². The molecule has 0 radical (unpaired) electrons. The van der Waals surface area contributed by atoms with E-state index in [-0.39, 0.29) is 30.8 Å². The van der Waals surface area contributed by atoms with E-state index >= 15 is 0 Å². The SMILES string of the molecule is CC(NCCc1ccccc1)c1ccc(NC(=O)Cc2csc(N)n2)cc1.Cl. The molecule has 0 bridgehead atoms. The second-order valence-electron chi connectivity index (χ2n) is 6.44. The number of nitrogens with zero attached hydrogens (tertiary/aromatic N) is 1. The normalized spacial score (nSPS) is 11.5. The largest absolute Gasteiger partial charge is 0.375 e. The number of hydrogen-bond acceptors (Lipinski definition) is 5. The number of hydrogen-bond donors (Lipinski definition) is 3. The number of carbonyl (C=O) groups excluding carboxylic acids is 1. The lowest BCUT2D eigenvalue weighted by Crippen LogP contribution is -2.21. The molecular weight excluding hydrogens is 392 g/mol. The van der Waals surface area contributed by atoms with Gasteiger partial charge >= 0.3 is 0 Å². The monoisotopic (exact) mass is 416 g/mol. The highest BCUT2D eigenvalue weighted by atomic mass is 35.5. The number of aromatic nitrogens is 1. The molecule has 28 heavy (non-hydrogen) atoms. The molecule has 5 nitrogen and oxygen atoms in total. The van der Waals surface area contributed by atoms with E-state index in [0.717, 1.165) is 18.7 Å². The van der Waals surface area contributed by atoms with Crippen molar-refractivity contribution in [1.29, 1.82) is 0 Å². The number of nitrogen functional groups attached to an aromatic ring is 1. The van der Waals surface area contributed by atoms with Gasteiger partial charge in [0.25, 0.3) is 0 Å². The third-order valence-corrected chi connectivity index (χ3v) is 5.04. The Morgan fingerprint density at radius 2 is 1.86 bits per heavy atom. The van der Waals surface area contributed by atoms with Crippen LogP contribution in [0.25, 0.3) is 0 Å². The number of thiazole rings is 1. The summed E-state index contributed by atoms with van der Waals surface area (Å²) in [4.78, 5) is 16.2. The van der Waals surface area contributed by atoms with Crippen LogP contribution in [0, 0.1) is 0 Å². The molecule has 3 aromatic rings. The second kappa shape index (κ2) is 10.8. The van der Waals surface area contributed by atoms with Gasteiger partial charge in [-0.3, -0.25) is 4.79 Å². The Hall–Kier alpha value is -2.41. The van der Waals surface area contributed by atoms with Gasteiger partial charge in [0.2, 0.25) is 5.91 Å². The van der Waals surface area contributed by atoms with Gasteiger partial charge in [-0.05, 0) is 43.1 Å². The summed E-state index contributed by atoms with van der Waals surface area (Å²) in [6, 6.07) is 18.6. The minimum absolute atomic E-state index is 0. The maximum Gasteiger partial charge on any atom is 0.230 e. The quantitative estimate of drug-likeness (QED) is 0.513. The molecule has 1 unspecified atom stereocenters. The first-order valence-corrected chi connectivity index (χ1v) is 9.85. The van der Waals surface area contributed by atoms with Gasteiger partial charge in [0.05, 0.1) is 12.1 Å². The van der Waals surface area contributed by atoms with Crippen molar-refractivity contribution in [2.75, 3.05) is 17.6 Å². The molecule has 3 rings (SSSR count). The fraction of sp³-hybridized carbons (Fsp3) is 0.238. The third kappa shape index (κ3) is 6.64. The Labute approximate surface area is 175 Å². The number of amides is 1. The van der Waals surface area contributed by atoms with Gasteiger partial charge in [-0.1, -0.05) is 42.5 Å². The van der Waals surface area contributed by atoms with Gasteiger partial charge in [0, 0.05) is 17.1 Å². The fourth-order valence-electron chi connectivity index (χ4n) is 2.82. The Bertz CT molecular complexity index is 868. The van der Waals surface area contributed by atoms with Crippen LogP contribution >= 0.6 is 23.7 Å². The van der Waals surface area contributed by atoms with Crippen molar-refractivity contribution in [3.63, 3.8) is 0 Å². The van der Waals surface area contributed by atoms with E-state index < -0.39 is 0 Å². The Morgan fingerprint density at radius 1 is 1.14 bits per heavy atom. The molecule has 0 aliphatic rings. The molecule has 148 valence electrons. The van der Waals surface area contributed by atoms with Crippen molar-refractivity contribution >= 4 is 40.5 Å². The van der Waals surface area contributed by atoms with Crippen molar-refractivity contribution in [3.05, 3.63) is 76.8 Å². The summed E-state index contributed by atoms with van der Waals surface area (Å²) in [5.41, 5.74) is 9.59. The summed E-state index contributed by atoms with van der Waals surface area (Å²) in [5.74, 6) is -0.0953. The Kier molecular flexibility index (Phi) is 8.44. The van der Waals surface area contributed by atoms with Gasteiger partial charge < -0.3 is 16.4 Å². The van der Waals surface area contributed by atoms with Crippen LogP contribution in [0.5, 0.6) is 0 Å². The van der Waals surface area contributed by atoms with E-state index in [2.05, 4.69) is 46.8 Å². The molecule has 0 saturated heterocycles. The molecule has 1 amide bonds. The van der Waals surface area contributed by atoms with Crippen LogP contribution in [0.1, 0.15) is 29.8 Å². The number of halogens is 1. The van der Waals surface area contributed by atoms with Crippen LogP contribution < -0.4 is 16.4 Å². The van der Waals surface area contributed by atoms with Crippen molar-refractivity contribution in [2.24, 2.45) is 0 Å². The third-order valence-electron chi connectivity index (χ3n) is 4.31. The molecule has 0 aliphatic carbocycles. The molecule has 4 N–H and O–H groups in total. The predicted octanol–water partition coefficient (Wildman–Crippen LogP) is 4.22. The van der Waals surface area contributed by atoms with Crippen molar-refractivity contribution in [3.8, 4) is 0 Å². The molecule has 7 heteroatoms. The number of rotatable bonds is 8. The van der Waals surface area contributed by atoms with Crippen LogP contribution in [0.2, 0.25) is 0 Å². The molecule has 1 aromatic heterocycles. The van der Waals surface area contributed by atoms with Crippen LogP contribution in [-0.2, 0) is 17.6 Å². The van der Waals surface area contributed by atoms with Gasteiger partial charge in [0.1, 0.15) is 0 Å². The van der Waals surface area contributed by atoms with Crippen LogP contribution in [0.4, 0.5) is 10.8 Å². The summed E-state index contributed by atoms with van der Waals surface area (Å²) < 4.78 is 0. The first kappa shape index (κ1) is 21.9. The zero-order chi connectivity index (χ0) is 19.1. The zero-order valence-corrected chi connectivity index (χ0v) is 17.4. The first-order valence-electron chi connectivity index (χ1n) is 8.97. The van der Waals surface area contributed by atoms with Crippen LogP contribution in [0.3, 0.4) is 0 Å². The minimum atomic E-state index is -0.0953. The first-order chi connectivity index (χ1) is 13.1. The molecule has 1 atom stereocenters. The van der Waals surface area contributed by atoms with E-state index in [4.69, 9.17) is 5.73 Å². The van der Waals surface area contributed by atoms with E-state index in [1.807, 2.05) is 30.3 Å². The number of anilines is 2. The molecule has 2 aromatic carbocycles. The molecule has 0 fully saturated rings. The lowest BCUT2D eigenvalue weighted by atomic mass is 10.1. The van der Waals surface area contributed by atoms with Gasteiger partial charge in [0.15, 0.2) is 5.13 Å². The lowest BCUT2D eigenvalue weighted by molar-refractivity contribution is -0.115. The molecule has 0 aliphatic heterocycles. The maximum atomic E-state index is 12.1. The van der Waals surface area contributed by atoms with E-state index in [1.165, 1.54) is 22.5 Å². The van der Waals surface area contributed by atoms with Crippen LogP contribution in [0.15, 0.2) is 60.0 Å². The van der Waals surface area contributed by atoms with E-state index in [1.54, 1.807) is 5.38 Å². The number of carbonyl (C=O) groups is 1. The van der Waals surface area contributed by atoms with Crippen molar-refractivity contribution in [2.45, 2.75) is 25.8 Å². The Balaban J connectivity index is 0.00000280. The average Bonchev–Trinajstić information content (AvgIpc) is 3.07. The molecule has 0 spiro atoms. The fourth-order valence-corrected chi connectivity index (χ4v) is 3.39. The van der Waals surface area contributed by atoms with Crippen molar-refractivity contribution < 1.29 is 4.79 Å². The predicted molar refractivity (Wildman–Crippen MR) is 119 cm³/mol. The molecular formula is C21H25ClN4OS. The minimum Gasteiger partial charge on any atom is -0.375 e. The molecule has 1 heterocycles. The van der Waals surface area contributed by atoms with E-state index in [9.17, 15) is 4.79 Å². The Morgan fingerprint density at radius 3 is 2.50 bits per heavy atom. The summed E-state index contributed by atoms with van der Waals surface area (Å²) in [7, 11) is 0. The standard InChI is InChI=1S/C21H24N4OS.ClH/c1-15(23-12-11-16-5-3-2-4-6-16)17-7-9-18(10-8-17)24-20(26)13-19-14-27-21(22)25-19;/h2-10,14-15,23H,11-13H2,1H3,(H2,22,25)(H,24,26);1H. The average molecular weight is 417 g/mol. The van der Waals surface area contributed by atoms with E-state index in [0.29, 0.717) is 10.8 Å². The molecule has 0 saturated carbocycles. The second-order valence-corrected chi connectivity index (χ2v) is 7.33. The summed E-state index contributed by atoms with van der Waals surface area (Å²) in [6.07, 6.45) is 1.23. The van der Waals surface area contributed by atoms with Gasteiger partial charge in [-0.25, -0.2) is 4.98 Å². The highest BCUT2D eigenvalue weighted by molar-refractivity contribution is 7.13. The summed E-state index contributed by atoms with van der Waals surface area (Å²) in [6.45, 7) is 3.06. The van der Waals surface area contributed by atoms with Crippen molar-refractivity contribution in [1.82, 2.24) is 10.3 Å². The highest BCUT2D eigenvalue weighted by Crippen LogP contribution is 2.17. The number of nitrogens with two attached hydrogens (primary N) is 1. The lowest BCUT2D eigenvalue weighted by Gasteiger charge is -2.15. The zero-order valence-electron chi connectivity index (χ0n) is 15.7. The topological polar surface area (TPSA) is 80.0 Å². The van der Waals surface area contributed by atoms with Gasteiger partial charge in [-0.2, -0.15) is 0 Å². The number of benzene rings is 2. The number of nitrogens with one attached hydrogen (secondary N) is 2. The maximum absolute atomic E-state index is 12.1. The summed E-state index contributed by atoms with van der Waals surface area (Å²) in [5, 5.41) is 8.72.